The molecule has 1 aliphatic heterocycles. The summed E-state index contributed by atoms with van der Waals surface area (Å²) >= 11 is 1.57. The third kappa shape index (κ3) is 4.24. The Morgan fingerprint density at radius 3 is 2.79 bits per heavy atom. The highest BCUT2D eigenvalue weighted by Gasteiger charge is 2.22. The number of rotatable bonds is 6. The fraction of sp³-hybridized carbons (Fsp3) is 0.273. The minimum atomic E-state index is -0.184. The van der Waals surface area contributed by atoms with Gasteiger partial charge < -0.3 is 4.74 Å². The van der Waals surface area contributed by atoms with E-state index in [0.717, 1.165) is 31.7 Å². The maximum absolute atomic E-state index is 12.7. The molecular weight excluding hydrogens is 370 g/mol. The number of anilines is 1. The van der Waals surface area contributed by atoms with Crippen molar-refractivity contribution in [1.29, 1.82) is 0 Å². The van der Waals surface area contributed by atoms with Crippen molar-refractivity contribution in [2.75, 3.05) is 18.5 Å². The number of nitrogens with one attached hydrogen (secondary N) is 1. The van der Waals surface area contributed by atoms with Crippen molar-refractivity contribution in [2.45, 2.75) is 26.4 Å². The molecule has 5 nitrogen and oxygen atoms in total. The van der Waals surface area contributed by atoms with Crippen LogP contribution >= 0.6 is 11.3 Å². The number of aromatic nitrogens is 1. The molecule has 1 aromatic heterocycles. The average molecular weight is 394 g/mol. The first kappa shape index (κ1) is 18.7. The first-order valence-corrected chi connectivity index (χ1v) is 10.3. The number of amides is 1. The number of hydrogen-bond donors (Lipinski definition) is 1. The van der Waals surface area contributed by atoms with Gasteiger partial charge in [0.25, 0.3) is 5.91 Å². The number of para-hydroxylation sites is 1. The lowest BCUT2D eigenvalue weighted by Gasteiger charge is -2.25. The van der Waals surface area contributed by atoms with E-state index in [9.17, 15) is 4.79 Å². The number of thiazole rings is 1. The second-order valence-corrected chi connectivity index (χ2v) is 7.80. The van der Waals surface area contributed by atoms with Crippen LogP contribution in [0.25, 0.3) is 0 Å². The molecule has 0 atom stereocenters. The number of nitrogens with zero attached hydrogens (tertiary/aromatic N) is 2. The highest BCUT2D eigenvalue weighted by atomic mass is 32.1. The summed E-state index contributed by atoms with van der Waals surface area (Å²) in [6, 6.07) is 17.8. The minimum absolute atomic E-state index is 0.184. The fourth-order valence-electron chi connectivity index (χ4n) is 3.38. The first-order valence-electron chi connectivity index (χ1n) is 9.51. The van der Waals surface area contributed by atoms with Crippen LogP contribution in [0.5, 0.6) is 5.75 Å². The predicted octanol–water partition coefficient (Wildman–Crippen LogP) is 4.35. The second-order valence-electron chi connectivity index (χ2n) is 6.72. The Morgan fingerprint density at radius 1 is 1.18 bits per heavy atom. The third-order valence-electron chi connectivity index (χ3n) is 4.71. The van der Waals surface area contributed by atoms with Gasteiger partial charge in [0.15, 0.2) is 5.13 Å². The molecule has 28 heavy (non-hydrogen) atoms. The van der Waals surface area contributed by atoms with Gasteiger partial charge in [0, 0.05) is 30.9 Å². The third-order valence-corrected chi connectivity index (χ3v) is 5.71. The SMILES string of the molecule is CCOc1ccccc1C(=O)Nc1nc2c(s1)CN(Cc1ccccc1)CC2. The van der Waals surface area contributed by atoms with E-state index in [-0.39, 0.29) is 5.91 Å². The summed E-state index contributed by atoms with van der Waals surface area (Å²) in [5, 5.41) is 3.60. The molecule has 0 saturated carbocycles. The van der Waals surface area contributed by atoms with Gasteiger partial charge in [0.2, 0.25) is 0 Å². The zero-order valence-corrected chi connectivity index (χ0v) is 16.7. The average Bonchev–Trinajstić information content (AvgIpc) is 3.11. The Kier molecular flexibility index (Phi) is 5.69. The number of carbonyl (C=O) groups excluding carboxylic acids is 1. The molecule has 0 fully saturated rings. The summed E-state index contributed by atoms with van der Waals surface area (Å²) in [6.45, 7) is 5.21. The number of ether oxygens (including phenoxy) is 1. The van der Waals surface area contributed by atoms with Crippen LogP contribution in [-0.4, -0.2) is 28.9 Å². The highest BCUT2D eigenvalue weighted by Crippen LogP contribution is 2.30. The normalized spacial score (nSPS) is 13.8. The van der Waals surface area contributed by atoms with E-state index < -0.39 is 0 Å². The molecule has 0 aliphatic carbocycles. The Labute approximate surface area is 169 Å². The Hall–Kier alpha value is -2.70. The second kappa shape index (κ2) is 8.54. The monoisotopic (exact) mass is 393 g/mol. The summed E-state index contributed by atoms with van der Waals surface area (Å²) in [4.78, 5) is 21.0. The lowest BCUT2D eigenvalue weighted by molar-refractivity contribution is 0.102. The largest absolute Gasteiger partial charge is 0.493 e. The molecule has 2 aromatic carbocycles. The summed E-state index contributed by atoms with van der Waals surface area (Å²) in [6.07, 6.45) is 0.907. The van der Waals surface area contributed by atoms with Gasteiger partial charge >= 0.3 is 0 Å². The van der Waals surface area contributed by atoms with Gasteiger partial charge in [-0.1, -0.05) is 42.5 Å². The van der Waals surface area contributed by atoms with Crippen molar-refractivity contribution in [3.05, 3.63) is 76.3 Å². The zero-order chi connectivity index (χ0) is 19.3. The van der Waals surface area contributed by atoms with E-state index in [1.54, 1.807) is 17.4 Å². The van der Waals surface area contributed by atoms with Crippen molar-refractivity contribution >= 4 is 22.4 Å². The molecule has 2 heterocycles. The van der Waals surface area contributed by atoms with Crippen LogP contribution in [0.4, 0.5) is 5.13 Å². The van der Waals surface area contributed by atoms with Crippen molar-refractivity contribution in [2.24, 2.45) is 0 Å². The standard InChI is InChI=1S/C22H23N3O2S/c1-2-27-19-11-7-6-10-17(19)21(26)24-22-23-18-12-13-25(15-20(18)28-22)14-16-8-4-3-5-9-16/h3-11H,2,12-15H2,1H3,(H,23,24,26). The van der Waals surface area contributed by atoms with Gasteiger partial charge in [0.1, 0.15) is 5.75 Å². The van der Waals surface area contributed by atoms with Crippen molar-refractivity contribution < 1.29 is 9.53 Å². The van der Waals surface area contributed by atoms with Crippen LogP contribution in [0.15, 0.2) is 54.6 Å². The Balaban J connectivity index is 1.44. The molecule has 4 rings (SSSR count). The highest BCUT2D eigenvalue weighted by molar-refractivity contribution is 7.15. The Bertz CT molecular complexity index is 955. The number of fused-ring (bicyclic) bond motifs is 1. The lowest BCUT2D eigenvalue weighted by Crippen LogP contribution is -2.29. The predicted molar refractivity (Wildman–Crippen MR) is 112 cm³/mol. The summed E-state index contributed by atoms with van der Waals surface area (Å²) in [7, 11) is 0. The topological polar surface area (TPSA) is 54.5 Å². The van der Waals surface area contributed by atoms with E-state index >= 15 is 0 Å². The molecule has 0 radical (unpaired) electrons. The molecule has 1 N–H and O–H groups in total. The minimum Gasteiger partial charge on any atom is -0.493 e. The maximum Gasteiger partial charge on any atom is 0.261 e. The van der Waals surface area contributed by atoms with E-state index in [4.69, 9.17) is 4.74 Å². The van der Waals surface area contributed by atoms with Gasteiger partial charge in [-0.25, -0.2) is 4.98 Å². The molecule has 0 unspecified atom stereocenters. The smallest absolute Gasteiger partial charge is 0.261 e. The number of benzene rings is 2. The van der Waals surface area contributed by atoms with Crippen LogP contribution in [0.3, 0.4) is 0 Å². The van der Waals surface area contributed by atoms with E-state index in [2.05, 4.69) is 39.5 Å². The Morgan fingerprint density at radius 2 is 1.96 bits per heavy atom. The van der Waals surface area contributed by atoms with Crippen LogP contribution in [-0.2, 0) is 19.5 Å². The van der Waals surface area contributed by atoms with Crippen LogP contribution in [0, 0.1) is 0 Å². The summed E-state index contributed by atoms with van der Waals surface area (Å²) in [5.41, 5.74) is 2.95. The molecule has 144 valence electrons. The zero-order valence-electron chi connectivity index (χ0n) is 15.9. The van der Waals surface area contributed by atoms with E-state index in [1.165, 1.54) is 10.4 Å². The van der Waals surface area contributed by atoms with Gasteiger partial charge in [-0.05, 0) is 24.6 Å². The maximum atomic E-state index is 12.7. The van der Waals surface area contributed by atoms with Crippen LogP contribution in [0.2, 0.25) is 0 Å². The fourth-order valence-corrected chi connectivity index (χ4v) is 4.42. The van der Waals surface area contributed by atoms with Crippen LogP contribution < -0.4 is 10.1 Å². The van der Waals surface area contributed by atoms with Gasteiger partial charge in [0.05, 0.1) is 17.9 Å². The van der Waals surface area contributed by atoms with Gasteiger partial charge in [-0.3, -0.25) is 15.0 Å². The first-order chi connectivity index (χ1) is 13.7. The van der Waals surface area contributed by atoms with Crippen molar-refractivity contribution in [3.63, 3.8) is 0 Å². The molecule has 6 heteroatoms. The van der Waals surface area contributed by atoms with E-state index in [1.807, 2.05) is 31.2 Å². The van der Waals surface area contributed by atoms with Gasteiger partial charge in [-0.15, -0.1) is 11.3 Å². The van der Waals surface area contributed by atoms with Crippen LogP contribution in [0.1, 0.15) is 33.4 Å². The molecule has 1 amide bonds. The quantitative estimate of drug-likeness (QED) is 0.676. The molecular formula is C22H23N3O2S. The molecule has 1 aliphatic rings. The van der Waals surface area contributed by atoms with Crippen molar-refractivity contribution in [3.8, 4) is 5.75 Å². The number of carbonyl (C=O) groups is 1. The summed E-state index contributed by atoms with van der Waals surface area (Å²) in [5.74, 6) is 0.411. The lowest BCUT2D eigenvalue weighted by atomic mass is 10.1. The summed E-state index contributed by atoms with van der Waals surface area (Å²) < 4.78 is 5.56. The molecule has 3 aromatic rings. The molecule has 0 spiro atoms. The number of hydrogen-bond acceptors (Lipinski definition) is 5. The van der Waals surface area contributed by atoms with Crippen molar-refractivity contribution in [1.82, 2.24) is 9.88 Å². The molecule has 0 bridgehead atoms. The molecule has 0 saturated heterocycles. The van der Waals surface area contributed by atoms with E-state index in [0.29, 0.717) is 23.1 Å². The van der Waals surface area contributed by atoms with Gasteiger partial charge in [-0.2, -0.15) is 0 Å².